The van der Waals surface area contributed by atoms with Gasteiger partial charge in [-0.3, -0.25) is 9.59 Å². The molecule has 0 spiro atoms. The average Bonchev–Trinajstić information content (AvgIpc) is 2.67. The maximum Gasteiger partial charge on any atom is 0.334 e. The molecule has 1 atom stereocenters. The Hall–Kier alpha value is -2.37. The van der Waals surface area contributed by atoms with E-state index in [1.54, 1.807) is 0 Å². The van der Waals surface area contributed by atoms with Gasteiger partial charge < -0.3 is 15.4 Å². The maximum absolute atomic E-state index is 11.3. The number of rotatable bonds is 5. The number of cyclic esters (lactones) is 1. The second kappa shape index (κ2) is 6.39. The molecule has 6 nitrogen and oxygen atoms in total. The van der Waals surface area contributed by atoms with Crippen LogP contribution in [0.5, 0.6) is 0 Å². The van der Waals surface area contributed by atoms with Crippen molar-refractivity contribution < 1.29 is 19.1 Å². The number of hydrogen-bond donors (Lipinski definition) is 2. The molecule has 0 saturated carbocycles. The van der Waals surface area contributed by atoms with Crippen LogP contribution in [0.2, 0.25) is 0 Å². The molecule has 0 bridgehead atoms. The summed E-state index contributed by atoms with van der Waals surface area (Å²) in [5, 5.41) is 4.82. The molecule has 0 aromatic rings. The highest BCUT2D eigenvalue weighted by molar-refractivity contribution is 5.92. The summed E-state index contributed by atoms with van der Waals surface area (Å²) in [4.78, 5) is 33.1. The Bertz CT molecular complexity index is 426. The Balaban J connectivity index is 2.32. The first-order valence-corrected chi connectivity index (χ1v) is 5.27. The van der Waals surface area contributed by atoms with E-state index < -0.39 is 5.97 Å². The van der Waals surface area contributed by atoms with Crippen molar-refractivity contribution in [3.05, 3.63) is 37.0 Å². The summed E-state index contributed by atoms with van der Waals surface area (Å²) < 4.78 is 4.75. The molecule has 6 heteroatoms. The molecule has 18 heavy (non-hydrogen) atoms. The zero-order valence-electron chi connectivity index (χ0n) is 9.77. The number of hydrogen-bond acceptors (Lipinski definition) is 4. The monoisotopic (exact) mass is 250 g/mol. The van der Waals surface area contributed by atoms with Crippen LogP contribution in [0.15, 0.2) is 37.0 Å². The summed E-state index contributed by atoms with van der Waals surface area (Å²) in [6.45, 7) is 7.05. The fraction of sp³-hybridized carbons (Fsp3) is 0.250. The van der Waals surface area contributed by atoms with Crippen molar-refractivity contribution in [2.24, 2.45) is 5.92 Å². The molecular formula is C12H14N2O4. The largest absolute Gasteiger partial charge is 0.461 e. The van der Waals surface area contributed by atoms with Crippen LogP contribution in [0.4, 0.5) is 0 Å². The lowest BCUT2D eigenvalue weighted by atomic mass is 10.0. The van der Waals surface area contributed by atoms with Crippen LogP contribution < -0.4 is 10.6 Å². The molecule has 1 aliphatic heterocycles. The predicted octanol–water partition coefficient (Wildman–Crippen LogP) is -0.352. The van der Waals surface area contributed by atoms with E-state index in [-0.39, 0.29) is 31.0 Å². The second-order valence-corrected chi connectivity index (χ2v) is 3.55. The van der Waals surface area contributed by atoms with Gasteiger partial charge in [0, 0.05) is 11.5 Å². The minimum atomic E-state index is -0.441. The van der Waals surface area contributed by atoms with Crippen molar-refractivity contribution in [2.75, 3.05) is 13.3 Å². The zero-order chi connectivity index (χ0) is 13.5. The number of esters is 1. The average molecular weight is 250 g/mol. The first-order chi connectivity index (χ1) is 8.54. The molecule has 1 unspecified atom stereocenters. The molecule has 0 aromatic carbocycles. The van der Waals surface area contributed by atoms with Crippen LogP contribution in [-0.4, -0.2) is 31.1 Å². The lowest BCUT2D eigenvalue weighted by Crippen LogP contribution is -2.35. The minimum absolute atomic E-state index is 0.00900. The van der Waals surface area contributed by atoms with Gasteiger partial charge in [0.05, 0.1) is 6.67 Å². The van der Waals surface area contributed by atoms with Gasteiger partial charge in [-0.05, 0) is 12.2 Å². The highest BCUT2D eigenvalue weighted by Gasteiger charge is 2.26. The molecule has 2 amide bonds. The minimum Gasteiger partial charge on any atom is -0.461 e. The zero-order valence-corrected chi connectivity index (χ0v) is 9.77. The predicted molar refractivity (Wildman–Crippen MR) is 64.1 cm³/mol. The summed E-state index contributed by atoms with van der Waals surface area (Å²) >= 11 is 0. The van der Waals surface area contributed by atoms with Crippen LogP contribution in [-0.2, 0) is 19.1 Å². The van der Waals surface area contributed by atoms with Gasteiger partial charge in [-0.25, -0.2) is 4.79 Å². The van der Waals surface area contributed by atoms with Crippen molar-refractivity contribution in [1.29, 1.82) is 0 Å². The molecule has 0 aliphatic carbocycles. The molecule has 0 radical (unpaired) electrons. The van der Waals surface area contributed by atoms with Gasteiger partial charge >= 0.3 is 5.97 Å². The van der Waals surface area contributed by atoms with Crippen LogP contribution in [0.3, 0.4) is 0 Å². The molecule has 1 heterocycles. The normalized spacial score (nSPS) is 18.6. The van der Waals surface area contributed by atoms with E-state index in [9.17, 15) is 14.4 Å². The molecule has 1 fully saturated rings. The maximum atomic E-state index is 11.3. The highest BCUT2D eigenvalue weighted by Crippen LogP contribution is 2.20. The van der Waals surface area contributed by atoms with E-state index in [2.05, 4.69) is 23.8 Å². The number of amides is 2. The quantitative estimate of drug-likeness (QED) is 0.397. The molecule has 96 valence electrons. The molecule has 0 aromatic heterocycles. The lowest BCUT2D eigenvalue weighted by molar-refractivity contribution is -0.135. The first-order valence-electron chi connectivity index (χ1n) is 5.27. The first kappa shape index (κ1) is 13.7. The highest BCUT2D eigenvalue weighted by atomic mass is 16.5. The Morgan fingerprint density at radius 1 is 1.39 bits per heavy atom. The van der Waals surface area contributed by atoms with Gasteiger partial charge in [0.15, 0.2) is 0 Å². The van der Waals surface area contributed by atoms with Gasteiger partial charge in [-0.2, -0.15) is 0 Å². The molecule has 1 aliphatic rings. The third kappa shape index (κ3) is 3.89. The number of ether oxygens (including phenoxy) is 1. The van der Waals surface area contributed by atoms with Gasteiger partial charge in [0.1, 0.15) is 6.61 Å². The number of nitrogens with one attached hydrogen (secondary N) is 2. The summed E-state index contributed by atoms with van der Waals surface area (Å²) in [7, 11) is 0. The van der Waals surface area contributed by atoms with Gasteiger partial charge in [-0.1, -0.05) is 19.2 Å². The topological polar surface area (TPSA) is 84.5 Å². The summed E-state index contributed by atoms with van der Waals surface area (Å²) in [6.07, 6.45) is 3.92. The molecule has 1 rings (SSSR count). The molecular weight excluding hydrogens is 236 g/mol. The Morgan fingerprint density at radius 2 is 2.06 bits per heavy atom. The van der Waals surface area contributed by atoms with Crippen molar-refractivity contribution in [3.8, 4) is 0 Å². The number of carbonyl (C=O) groups excluding carboxylic acids is 3. The fourth-order valence-electron chi connectivity index (χ4n) is 1.23. The van der Waals surface area contributed by atoms with Crippen molar-refractivity contribution in [2.45, 2.75) is 0 Å². The lowest BCUT2D eigenvalue weighted by Gasteiger charge is -2.03. The van der Waals surface area contributed by atoms with E-state index in [0.29, 0.717) is 5.57 Å². The third-order valence-electron chi connectivity index (χ3n) is 2.29. The third-order valence-corrected chi connectivity index (χ3v) is 2.29. The van der Waals surface area contributed by atoms with Crippen molar-refractivity contribution in [3.63, 3.8) is 0 Å². The second-order valence-electron chi connectivity index (χ2n) is 3.55. The van der Waals surface area contributed by atoms with E-state index >= 15 is 0 Å². The summed E-state index contributed by atoms with van der Waals surface area (Å²) in [5.41, 5.74) is 0.332. The molecule has 1 saturated heterocycles. The van der Waals surface area contributed by atoms with E-state index in [4.69, 9.17) is 4.74 Å². The van der Waals surface area contributed by atoms with E-state index in [1.165, 1.54) is 12.2 Å². The van der Waals surface area contributed by atoms with Crippen molar-refractivity contribution in [1.82, 2.24) is 10.6 Å². The number of carbonyl (C=O) groups is 3. The Morgan fingerprint density at radius 3 is 2.61 bits per heavy atom. The van der Waals surface area contributed by atoms with Crippen LogP contribution >= 0.6 is 0 Å². The standard InChI is InChI=1S/C12H14N2O4/c1-3-10(15)13-7-14-11(16)5-4-9-6-18-12(17)8(9)2/h3-5,9H,1-2,6-7H2,(H,13,15)(H,14,16). The van der Waals surface area contributed by atoms with Crippen LogP contribution in [0.25, 0.3) is 0 Å². The SMILES string of the molecule is C=CC(=O)NCNC(=O)C=CC1COC(=O)C1=C. The van der Waals surface area contributed by atoms with Gasteiger partial charge in [0.2, 0.25) is 11.8 Å². The van der Waals surface area contributed by atoms with Crippen LogP contribution in [0, 0.1) is 5.92 Å². The fourth-order valence-corrected chi connectivity index (χ4v) is 1.23. The van der Waals surface area contributed by atoms with Crippen LogP contribution in [0.1, 0.15) is 0 Å². The molecule has 2 N–H and O–H groups in total. The van der Waals surface area contributed by atoms with Crippen molar-refractivity contribution >= 4 is 17.8 Å². The van der Waals surface area contributed by atoms with Gasteiger partial charge in [0.25, 0.3) is 0 Å². The summed E-state index contributed by atoms with van der Waals surface area (Å²) in [5.74, 6) is -1.47. The Kier molecular flexibility index (Phi) is 4.86. The van der Waals surface area contributed by atoms with E-state index in [1.807, 2.05) is 0 Å². The van der Waals surface area contributed by atoms with Gasteiger partial charge in [-0.15, -0.1) is 0 Å². The smallest absolute Gasteiger partial charge is 0.334 e. The summed E-state index contributed by atoms with van der Waals surface area (Å²) in [6, 6.07) is 0. The Labute approximate surface area is 104 Å². The van der Waals surface area contributed by atoms with E-state index in [0.717, 1.165) is 6.08 Å².